The van der Waals surface area contributed by atoms with Crippen molar-refractivity contribution in [1.29, 1.82) is 0 Å². The maximum Gasteiger partial charge on any atom is 0.240 e. The molecule has 0 radical (unpaired) electrons. The average Bonchev–Trinajstić information content (AvgIpc) is 3.29. The lowest BCUT2D eigenvalue weighted by atomic mass is 10.1. The van der Waals surface area contributed by atoms with E-state index in [-0.39, 0.29) is 6.04 Å². The molecule has 1 aliphatic carbocycles. The predicted molar refractivity (Wildman–Crippen MR) is 95.5 cm³/mol. The smallest absolute Gasteiger partial charge is 0.240 e. The molecule has 1 aromatic heterocycles. The highest BCUT2D eigenvalue weighted by Crippen LogP contribution is 2.32. The standard InChI is InChI=1S/C18H24N4O2S/c23-25(24,18-4-2-1-3-5-18)20-11-9-17-14-21(12-15-6-7-15)13-16-8-10-19-22(16)17/h1-5,8,10,15,17,20H,6-7,9,11-14H2/t17-/m1/s1. The van der Waals surface area contributed by atoms with Crippen molar-refractivity contribution < 1.29 is 8.42 Å². The average molecular weight is 360 g/mol. The minimum Gasteiger partial charge on any atom is -0.295 e. The first-order valence-corrected chi connectivity index (χ1v) is 10.4. The van der Waals surface area contributed by atoms with Crippen LogP contribution in [0.4, 0.5) is 0 Å². The molecule has 1 N–H and O–H groups in total. The van der Waals surface area contributed by atoms with Crippen LogP contribution in [0, 0.1) is 5.92 Å². The summed E-state index contributed by atoms with van der Waals surface area (Å²) < 4.78 is 29.5. The number of nitrogens with zero attached hydrogens (tertiary/aromatic N) is 3. The van der Waals surface area contributed by atoms with Gasteiger partial charge < -0.3 is 0 Å². The Balaban J connectivity index is 1.38. The van der Waals surface area contributed by atoms with Gasteiger partial charge in [0.15, 0.2) is 0 Å². The Morgan fingerprint density at radius 3 is 2.72 bits per heavy atom. The number of hydrogen-bond acceptors (Lipinski definition) is 4. The van der Waals surface area contributed by atoms with Crippen LogP contribution < -0.4 is 4.72 Å². The molecule has 0 saturated heterocycles. The second-order valence-electron chi connectivity index (χ2n) is 7.06. The van der Waals surface area contributed by atoms with Crippen molar-refractivity contribution >= 4 is 10.0 Å². The topological polar surface area (TPSA) is 67.2 Å². The fourth-order valence-corrected chi connectivity index (χ4v) is 4.59. The third-order valence-corrected chi connectivity index (χ3v) is 6.47. The van der Waals surface area contributed by atoms with Gasteiger partial charge in [0.2, 0.25) is 10.0 Å². The summed E-state index contributed by atoms with van der Waals surface area (Å²) in [6.07, 6.45) is 5.27. The van der Waals surface area contributed by atoms with Crippen molar-refractivity contribution in [3.05, 3.63) is 48.3 Å². The molecule has 25 heavy (non-hydrogen) atoms. The molecule has 0 bridgehead atoms. The van der Waals surface area contributed by atoms with Crippen LogP contribution in [-0.4, -0.2) is 42.7 Å². The van der Waals surface area contributed by atoms with Crippen LogP contribution in [0.1, 0.15) is 31.0 Å². The molecule has 1 aliphatic heterocycles. The molecule has 134 valence electrons. The zero-order valence-electron chi connectivity index (χ0n) is 14.2. The van der Waals surface area contributed by atoms with E-state index in [9.17, 15) is 8.42 Å². The Labute approximate surface area is 148 Å². The van der Waals surface area contributed by atoms with Crippen molar-refractivity contribution in [2.75, 3.05) is 19.6 Å². The normalized spacial score (nSPS) is 21.2. The number of hydrogen-bond donors (Lipinski definition) is 1. The quantitative estimate of drug-likeness (QED) is 0.820. The Morgan fingerprint density at radius 1 is 1.16 bits per heavy atom. The Kier molecular flexibility index (Phi) is 4.62. The fraction of sp³-hybridized carbons (Fsp3) is 0.500. The van der Waals surface area contributed by atoms with Crippen LogP contribution in [0.15, 0.2) is 47.5 Å². The largest absolute Gasteiger partial charge is 0.295 e. The lowest BCUT2D eigenvalue weighted by molar-refractivity contribution is 0.163. The summed E-state index contributed by atoms with van der Waals surface area (Å²) >= 11 is 0. The number of aromatic nitrogens is 2. The number of rotatable bonds is 7. The highest BCUT2D eigenvalue weighted by Gasteiger charge is 2.30. The van der Waals surface area contributed by atoms with Gasteiger partial charge in [-0.15, -0.1) is 0 Å². The van der Waals surface area contributed by atoms with Gasteiger partial charge in [-0.2, -0.15) is 5.10 Å². The molecule has 2 aliphatic rings. The van der Waals surface area contributed by atoms with E-state index in [2.05, 4.69) is 25.5 Å². The van der Waals surface area contributed by atoms with Crippen LogP contribution in [0.5, 0.6) is 0 Å². The molecular weight excluding hydrogens is 336 g/mol. The lowest BCUT2D eigenvalue weighted by Crippen LogP contribution is -2.40. The van der Waals surface area contributed by atoms with Crippen molar-refractivity contribution in [3.63, 3.8) is 0 Å². The Morgan fingerprint density at radius 2 is 1.96 bits per heavy atom. The molecule has 0 spiro atoms. The van der Waals surface area contributed by atoms with Gasteiger partial charge in [-0.1, -0.05) is 18.2 Å². The van der Waals surface area contributed by atoms with Gasteiger partial charge in [-0.3, -0.25) is 9.58 Å². The van der Waals surface area contributed by atoms with Gasteiger partial charge in [0.1, 0.15) is 0 Å². The van der Waals surface area contributed by atoms with Gasteiger partial charge in [0.25, 0.3) is 0 Å². The summed E-state index contributed by atoms with van der Waals surface area (Å²) in [6.45, 7) is 3.46. The second kappa shape index (κ2) is 6.90. The molecule has 0 unspecified atom stereocenters. The van der Waals surface area contributed by atoms with Crippen LogP contribution in [0.2, 0.25) is 0 Å². The molecule has 2 aromatic rings. The molecule has 1 saturated carbocycles. The number of benzene rings is 1. The number of fused-ring (bicyclic) bond motifs is 1. The van der Waals surface area contributed by atoms with E-state index >= 15 is 0 Å². The molecular formula is C18H24N4O2S. The first kappa shape index (κ1) is 16.8. The molecule has 1 aromatic carbocycles. The lowest BCUT2D eigenvalue weighted by Gasteiger charge is -2.34. The van der Waals surface area contributed by atoms with Gasteiger partial charge in [-0.05, 0) is 43.4 Å². The van der Waals surface area contributed by atoms with Crippen molar-refractivity contribution in [2.24, 2.45) is 5.92 Å². The SMILES string of the molecule is O=S(=O)(NCC[C@@H]1CN(CC2CC2)Cc2ccnn21)c1ccccc1. The summed E-state index contributed by atoms with van der Waals surface area (Å²) in [5, 5.41) is 4.45. The van der Waals surface area contributed by atoms with Gasteiger partial charge >= 0.3 is 0 Å². The van der Waals surface area contributed by atoms with Gasteiger partial charge in [0, 0.05) is 32.4 Å². The molecule has 4 rings (SSSR count). The zero-order valence-corrected chi connectivity index (χ0v) is 15.0. The summed E-state index contributed by atoms with van der Waals surface area (Å²) in [5.41, 5.74) is 1.22. The van der Waals surface area contributed by atoms with E-state index in [4.69, 9.17) is 0 Å². The minimum atomic E-state index is -3.44. The Hall–Kier alpha value is -1.70. The molecule has 6 nitrogen and oxygen atoms in total. The molecule has 7 heteroatoms. The Bertz CT molecular complexity index is 815. The van der Waals surface area contributed by atoms with Crippen molar-refractivity contribution in [1.82, 2.24) is 19.4 Å². The predicted octanol–water partition coefficient (Wildman–Crippen LogP) is 2.02. The van der Waals surface area contributed by atoms with Crippen LogP contribution >= 0.6 is 0 Å². The van der Waals surface area contributed by atoms with Crippen LogP contribution in [0.25, 0.3) is 0 Å². The van der Waals surface area contributed by atoms with E-state index in [1.54, 1.807) is 24.3 Å². The molecule has 1 fully saturated rings. The third-order valence-electron chi connectivity index (χ3n) is 4.99. The van der Waals surface area contributed by atoms with Crippen LogP contribution in [0.3, 0.4) is 0 Å². The van der Waals surface area contributed by atoms with E-state index in [1.807, 2.05) is 12.3 Å². The first-order chi connectivity index (χ1) is 12.1. The van der Waals surface area contributed by atoms with E-state index in [1.165, 1.54) is 18.5 Å². The third kappa shape index (κ3) is 3.94. The zero-order chi connectivity index (χ0) is 17.3. The molecule has 1 atom stereocenters. The summed E-state index contributed by atoms with van der Waals surface area (Å²) in [6, 6.07) is 10.8. The highest BCUT2D eigenvalue weighted by atomic mass is 32.2. The van der Waals surface area contributed by atoms with Gasteiger partial charge in [0.05, 0.1) is 16.6 Å². The summed E-state index contributed by atoms with van der Waals surface area (Å²) in [4.78, 5) is 2.80. The van der Waals surface area contributed by atoms with Gasteiger partial charge in [-0.25, -0.2) is 13.1 Å². The number of nitrogens with one attached hydrogen (secondary N) is 1. The molecule has 2 heterocycles. The summed E-state index contributed by atoms with van der Waals surface area (Å²) in [7, 11) is -3.44. The van der Waals surface area contributed by atoms with E-state index in [0.717, 1.165) is 32.0 Å². The fourth-order valence-electron chi connectivity index (χ4n) is 3.53. The highest BCUT2D eigenvalue weighted by molar-refractivity contribution is 7.89. The van der Waals surface area contributed by atoms with Crippen LogP contribution in [-0.2, 0) is 16.6 Å². The molecule has 0 amide bonds. The monoisotopic (exact) mass is 360 g/mol. The van der Waals surface area contributed by atoms with Crippen molar-refractivity contribution in [2.45, 2.75) is 36.7 Å². The minimum absolute atomic E-state index is 0.218. The summed E-state index contributed by atoms with van der Waals surface area (Å²) in [5.74, 6) is 0.853. The second-order valence-corrected chi connectivity index (χ2v) is 8.82. The maximum absolute atomic E-state index is 12.3. The number of sulfonamides is 1. The van der Waals surface area contributed by atoms with E-state index < -0.39 is 10.0 Å². The first-order valence-electron chi connectivity index (χ1n) is 8.91. The van der Waals surface area contributed by atoms with Crippen molar-refractivity contribution in [3.8, 4) is 0 Å². The van der Waals surface area contributed by atoms with E-state index in [0.29, 0.717) is 11.4 Å². The maximum atomic E-state index is 12.3.